The zero-order chi connectivity index (χ0) is 16.5. The van der Waals surface area contributed by atoms with Crippen molar-refractivity contribution in [2.24, 2.45) is 11.7 Å². The number of ether oxygens (including phenoxy) is 1. The predicted octanol–water partition coefficient (Wildman–Crippen LogP) is 3.89. The Morgan fingerprint density at radius 2 is 2.05 bits per heavy atom. The summed E-state index contributed by atoms with van der Waals surface area (Å²) in [5.41, 5.74) is 6.12. The Balaban J connectivity index is 0.000000220. The standard InChI is InChI=1S/C10H20O.C8H13NO2/c1-3-9(2)11-10-7-5-4-6-8-10;1-5-2-6(8(10)11)4-7(9)3-5/h9-10H,3-8H2,1-2H3;2,5,7H,3-4,9H2,1H3,(H,10,11)/t9-;/m1./s1. The van der Waals surface area contributed by atoms with Gasteiger partial charge in [0.25, 0.3) is 0 Å². The molecule has 4 nitrogen and oxygen atoms in total. The number of aliphatic carboxylic acids is 1. The maximum atomic E-state index is 10.5. The average Bonchev–Trinajstić information content (AvgIpc) is 2.48. The number of hydrogen-bond acceptors (Lipinski definition) is 3. The Hall–Kier alpha value is -0.870. The molecule has 2 aliphatic rings. The Bertz CT molecular complexity index is 361. The molecule has 0 radical (unpaired) electrons. The van der Waals surface area contributed by atoms with E-state index in [1.165, 1.54) is 32.1 Å². The first-order valence-corrected chi connectivity index (χ1v) is 8.77. The summed E-state index contributed by atoms with van der Waals surface area (Å²) in [6, 6.07) is 0.0288. The minimum Gasteiger partial charge on any atom is -0.478 e. The summed E-state index contributed by atoms with van der Waals surface area (Å²) < 4.78 is 5.84. The smallest absolute Gasteiger partial charge is 0.331 e. The van der Waals surface area contributed by atoms with Gasteiger partial charge in [-0.25, -0.2) is 4.79 Å². The van der Waals surface area contributed by atoms with E-state index in [0.717, 1.165) is 12.8 Å². The maximum absolute atomic E-state index is 10.5. The fourth-order valence-electron chi connectivity index (χ4n) is 3.11. The third kappa shape index (κ3) is 7.41. The van der Waals surface area contributed by atoms with E-state index in [4.69, 9.17) is 15.6 Å². The van der Waals surface area contributed by atoms with Crippen molar-refractivity contribution < 1.29 is 14.6 Å². The van der Waals surface area contributed by atoms with Crippen LogP contribution in [0.25, 0.3) is 0 Å². The summed E-state index contributed by atoms with van der Waals surface area (Å²) >= 11 is 0. The van der Waals surface area contributed by atoms with Crippen LogP contribution in [0.2, 0.25) is 0 Å². The quantitative estimate of drug-likeness (QED) is 0.826. The Kier molecular flexibility index (Phi) is 8.72. The van der Waals surface area contributed by atoms with Gasteiger partial charge in [-0.2, -0.15) is 0 Å². The van der Waals surface area contributed by atoms with Crippen molar-refractivity contribution in [3.8, 4) is 0 Å². The van der Waals surface area contributed by atoms with Gasteiger partial charge < -0.3 is 15.6 Å². The molecule has 0 aromatic carbocycles. The number of nitrogens with two attached hydrogens (primary N) is 1. The molecule has 2 aliphatic carbocycles. The van der Waals surface area contributed by atoms with Crippen LogP contribution in [-0.4, -0.2) is 29.3 Å². The molecule has 0 heterocycles. The van der Waals surface area contributed by atoms with Crippen LogP contribution in [0.4, 0.5) is 0 Å². The molecular formula is C18H33NO3. The summed E-state index contributed by atoms with van der Waals surface area (Å²) in [4.78, 5) is 10.5. The van der Waals surface area contributed by atoms with E-state index in [1.807, 2.05) is 6.92 Å². The molecule has 0 saturated heterocycles. The molecule has 3 atom stereocenters. The van der Waals surface area contributed by atoms with Gasteiger partial charge in [0.05, 0.1) is 12.2 Å². The van der Waals surface area contributed by atoms with E-state index < -0.39 is 5.97 Å². The highest BCUT2D eigenvalue weighted by molar-refractivity contribution is 5.86. The van der Waals surface area contributed by atoms with Crippen LogP contribution in [0, 0.1) is 5.92 Å². The van der Waals surface area contributed by atoms with E-state index in [9.17, 15) is 4.79 Å². The van der Waals surface area contributed by atoms with Gasteiger partial charge in [0.2, 0.25) is 0 Å². The number of rotatable bonds is 4. The lowest BCUT2D eigenvalue weighted by atomic mass is 9.88. The van der Waals surface area contributed by atoms with Gasteiger partial charge in [-0.3, -0.25) is 0 Å². The molecule has 4 heteroatoms. The number of hydrogen-bond donors (Lipinski definition) is 2. The molecule has 1 fully saturated rings. The van der Waals surface area contributed by atoms with Crippen molar-refractivity contribution >= 4 is 5.97 Å². The Morgan fingerprint density at radius 3 is 2.55 bits per heavy atom. The van der Waals surface area contributed by atoms with Crippen LogP contribution in [0.5, 0.6) is 0 Å². The second kappa shape index (κ2) is 10.0. The van der Waals surface area contributed by atoms with Gasteiger partial charge in [0.15, 0.2) is 0 Å². The monoisotopic (exact) mass is 311 g/mol. The van der Waals surface area contributed by atoms with Crippen molar-refractivity contribution in [1.82, 2.24) is 0 Å². The van der Waals surface area contributed by atoms with Crippen molar-refractivity contribution in [3.63, 3.8) is 0 Å². The van der Waals surface area contributed by atoms with Crippen LogP contribution < -0.4 is 5.73 Å². The van der Waals surface area contributed by atoms with E-state index in [1.54, 1.807) is 6.08 Å². The third-order valence-electron chi connectivity index (χ3n) is 4.47. The molecule has 128 valence electrons. The van der Waals surface area contributed by atoms with Crippen LogP contribution in [0.15, 0.2) is 11.6 Å². The van der Waals surface area contributed by atoms with Crippen molar-refractivity contribution in [1.29, 1.82) is 0 Å². The first kappa shape index (κ1) is 19.2. The summed E-state index contributed by atoms with van der Waals surface area (Å²) in [5.74, 6) is -0.517. The molecule has 0 aromatic rings. The fraction of sp³-hybridized carbons (Fsp3) is 0.833. The minimum absolute atomic E-state index is 0.0288. The summed E-state index contributed by atoms with van der Waals surface area (Å²) in [5, 5.41) is 8.65. The molecule has 1 saturated carbocycles. The lowest BCUT2D eigenvalue weighted by molar-refractivity contribution is -0.133. The Labute approximate surface area is 135 Å². The van der Waals surface area contributed by atoms with Crippen LogP contribution >= 0.6 is 0 Å². The van der Waals surface area contributed by atoms with Gasteiger partial charge in [-0.15, -0.1) is 0 Å². The summed E-state index contributed by atoms with van der Waals surface area (Å²) in [7, 11) is 0. The van der Waals surface area contributed by atoms with Gasteiger partial charge in [0, 0.05) is 11.6 Å². The summed E-state index contributed by atoms with van der Waals surface area (Å²) in [6.45, 7) is 6.35. The van der Waals surface area contributed by atoms with Gasteiger partial charge in [0.1, 0.15) is 0 Å². The van der Waals surface area contributed by atoms with Crippen LogP contribution in [-0.2, 0) is 9.53 Å². The number of carboxylic acid groups (broad SMARTS) is 1. The third-order valence-corrected chi connectivity index (χ3v) is 4.47. The largest absolute Gasteiger partial charge is 0.478 e. The van der Waals surface area contributed by atoms with E-state index >= 15 is 0 Å². The molecule has 0 amide bonds. The highest BCUT2D eigenvalue weighted by Crippen LogP contribution is 2.22. The SMILES string of the molecule is CC1C=C(C(=O)O)CC(N)C1.CC[C@@H](C)OC1CCCCC1. The lowest BCUT2D eigenvalue weighted by Gasteiger charge is -2.25. The molecule has 3 N–H and O–H groups in total. The molecule has 0 aromatic heterocycles. The molecule has 0 aliphatic heterocycles. The van der Waals surface area contributed by atoms with Gasteiger partial charge in [-0.05, 0) is 44.9 Å². The van der Waals surface area contributed by atoms with Crippen LogP contribution in [0.3, 0.4) is 0 Å². The first-order valence-electron chi connectivity index (χ1n) is 8.77. The second-order valence-electron chi connectivity index (χ2n) is 6.79. The predicted molar refractivity (Wildman–Crippen MR) is 89.8 cm³/mol. The zero-order valence-electron chi connectivity index (χ0n) is 14.4. The normalized spacial score (nSPS) is 27.4. The topological polar surface area (TPSA) is 72.5 Å². The number of allylic oxidation sites excluding steroid dienone is 1. The summed E-state index contributed by atoms with van der Waals surface area (Å²) in [6.07, 6.45) is 12.2. The molecule has 22 heavy (non-hydrogen) atoms. The van der Waals surface area contributed by atoms with Crippen molar-refractivity contribution in [3.05, 3.63) is 11.6 Å². The Morgan fingerprint density at radius 1 is 1.41 bits per heavy atom. The maximum Gasteiger partial charge on any atom is 0.331 e. The fourth-order valence-corrected chi connectivity index (χ4v) is 3.11. The molecule has 2 unspecified atom stereocenters. The van der Waals surface area contributed by atoms with Crippen LogP contribution in [0.1, 0.15) is 72.1 Å². The first-order chi connectivity index (χ1) is 10.4. The van der Waals surface area contributed by atoms with E-state index in [0.29, 0.717) is 30.1 Å². The molecular weight excluding hydrogens is 278 g/mol. The highest BCUT2D eigenvalue weighted by atomic mass is 16.5. The van der Waals surface area contributed by atoms with E-state index in [2.05, 4.69) is 13.8 Å². The zero-order valence-corrected chi connectivity index (χ0v) is 14.4. The number of carboxylic acids is 1. The van der Waals surface area contributed by atoms with Gasteiger partial charge in [-0.1, -0.05) is 39.2 Å². The van der Waals surface area contributed by atoms with Crippen molar-refractivity contribution in [2.45, 2.75) is 90.4 Å². The molecule has 0 bridgehead atoms. The van der Waals surface area contributed by atoms with Gasteiger partial charge >= 0.3 is 5.97 Å². The number of carbonyl (C=O) groups is 1. The molecule has 2 rings (SSSR count). The average molecular weight is 311 g/mol. The van der Waals surface area contributed by atoms with E-state index in [-0.39, 0.29) is 6.04 Å². The minimum atomic E-state index is -0.827. The second-order valence-corrected chi connectivity index (χ2v) is 6.79. The lowest BCUT2D eigenvalue weighted by Crippen LogP contribution is -2.28. The highest BCUT2D eigenvalue weighted by Gasteiger charge is 2.20. The van der Waals surface area contributed by atoms with Crippen molar-refractivity contribution in [2.75, 3.05) is 0 Å². The molecule has 0 spiro atoms.